The smallest absolute Gasteiger partial charge is 0.242 e. The van der Waals surface area contributed by atoms with Crippen molar-refractivity contribution in [2.45, 2.75) is 4.90 Å². The van der Waals surface area contributed by atoms with Crippen LogP contribution in [-0.4, -0.2) is 31.4 Å². The van der Waals surface area contributed by atoms with E-state index in [9.17, 15) is 8.42 Å². The molecular weight excluding hydrogens is 425 g/mol. The van der Waals surface area contributed by atoms with Crippen molar-refractivity contribution in [1.29, 1.82) is 0 Å². The van der Waals surface area contributed by atoms with Gasteiger partial charge in [0.1, 0.15) is 0 Å². The fourth-order valence-electron chi connectivity index (χ4n) is 2.45. The number of hydrogen-bond donors (Lipinski definition) is 0. The highest BCUT2D eigenvalue weighted by molar-refractivity contribution is 7.89. The van der Waals surface area contributed by atoms with Gasteiger partial charge in [0.25, 0.3) is 0 Å². The largest absolute Gasteiger partial charge is 0.320 e. The highest BCUT2D eigenvalue weighted by atomic mass is 35.5. The minimum atomic E-state index is -3.59. The van der Waals surface area contributed by atoms with E-state index in [0.29, 0.717) is 21.3 Å². The third-order valence-electron chi connectivity index (χ3n) is 3.94. The van der Waals surface area contributed by atoms with Crippen molar-refractivity contribution in [3.63, 3.8) is 0 Å². The van der Waals surface area contributed by atoms with Crippen LogP contribution in [0.2, 0.25) is 10.0 Å². The molecule has 0 radical (unpaired) electrons. The zero-order valence-electron chi connectivity index (χ0n) is 14.8. The topological polar surface area (TPSA) is 54.7 Å². The van der Waals surface area contributed by atoms with Crippen LogP contribution in [0.15, 0.2) is 57.7 Å². The van der Waals surface area contributed by atoms with Crippen LogP contribution in [0, 0.1) is 0 Å². The average molecular weight is 442 g/mol. The van der Waals surface area contributed by atoms with E-state index in [-0.39, 0.29) is 4.90 Å². The standard InChI is InChI=1S/C18H17Cl2N3O2S2/c1-22(2)27(24,25)14-9-12(8-13(19)10-14)17-11-26-18(23(17)3)21-16-7-5-4-6-15(16)20/h4-11H,1-3H3. The molecule has 2 aromatic carbocycles. The zero-order valence-corrected chi connectivity index (χ0v) is 18.0. The van der Waals surface area contributed by atoms with Gasteiger partial charge in [0.05, 0.1) is 21.3 Å². The summed E-state index contributed by atoms with van der Waals surface area (Å²) in [6.07, 6.45) is 0. The van der Waals surface area contributed by atoms with E-state index in [2.05, 4.69) is 4.99 Å². The summed E-state index contributed by atoms with van der Waals surface area (Å²) in [6.45, 7) is 0. The number of nitrogens with zero attached hydrogens (tertiary/aromatic N) is 3. The van der Waals surface area contributed by atoms with E-state index >= 15 is 0 Å². The molecule has 0 unspecified atom stereocenters. The minimum Gasteiger partial charge on any atom is -0.320 e. The molecule has 0 saturated heterocycles. The van der Waals surface area contributed by atoms with Gasteiger partial charge < -0.3 is 4.57 Å². The Morgan fingerprint density at radius 1 is 1.11 bits per heavy atom. The Labute approximate surface area is 172 Å². The minimum absolute atomic E-state index is 0.144. The van der Waals surface area contributed by atoms with Gasteiger partial charge in [-0.3, -0.25) is 0 Å². The maximum atomic E-state index is 12.5. The Kier molecular flexibility index (Phi) is 5.79. The van der Waals surface area contributed by atoms with Crippen molar-refractivity contribution in [3.05, 3.63) is 62.7 Å². The Morgan fingerprint density at radius 2 is 1.81 bits per heavy atom. The third-order valence-corrected chi connectivity index (χ3v) is 7.19. The van der Waals surface area contributed by atoms with Crippen LogP contribution >= 0.6 is 34.5 Å². The van der Waals surface area contributed by atoms with Crippen molar-refractivity contribution in [1.82, 2.24) is 8.87 Å². The SMILES string of the molecule is CN(C)S(=O)(=O)c1cc(Cl)cc(-c2csc(=Nc3ccccc3Cl)n2C)c1. The van der Waals surface area contributed by atoms with Gasteiger partial charge in [-0.25, -0.2) is 17.7 Å². The van der Waals surface area contributed by atoms with Gasteiger partial charge in [-0.2, -0.15) is 0 Å². The summed E-state index contributed by atoms with van der Waals surface area (Å²) in [5, 5.41) is 2.83. The summed E-state index contributed by atoms with van der Waals surface area (Å²) in [7, 11) is 1.25. The predicted octanol–water partition coefficient (Wildman–Crippen LogP) is 4.54. The average Bonchev–Trinajstić information content (AvgIpc) is 2.97. The van der Waals surface area contributed by atoms with Crippen LogP contribution in [0.25, 0.3) is 11.3 Å². The molecule has 0 N–H and O–H groups in total. The second kappa shape index (κ2) is 7.77. The molecule has 1 aromatic heterocycles. The van der Waals surface area contributed by atoms with Gasteiger partial charge in [-0.15, -0.1) is 11.3 Å². The summed E-state index contributed by atoms with van der Waals surface area (Å²) in [4.78, 5) is 5.47. The molecule has 0 atom stereocenters. The quantitative estimate of drug-likeness (QED) is 0.596. The normalized spacial score (nSPS) is 12.7. The molecule has 142 valence electrons. The lowest BCUT2D eigenvalue weighted by Crippen LogP contribution is -2.22. The Morgan fingerprint density at radius 3 is 2.48 bits per heavy atom. The molecule has 5 nitrogen and oxygen atoms in total. The number of rotatable bonds is 4. The first-order valence-corrected chi connectivity index (χ1v) is 10.9. The number of aromatic nitrogens is 1. The van der Waals surface area contributed by atoms with E-state index in [1.165, 1.54) is 31.5 Å². The van der Waals surface area contributed by atoms with Crippen LogP contribution in [0.4, 0.5) is 5.69 Å². The number of halogens is 2. The van der Waals surface area contributed by atoms with Crippen LogP contribution in [0.3, 0.4) is 0 Å². The number of benzene rings is 2. The summed E-state index contributed by atoms with van der Waals surface area (Å²) in [5.41, 5.74) is 2.18. The molecule has 0 aliphatic heterocycles. The number of para-hydroxylation sites is 1. The summed E-state index contributed by atoms with van der Waals surface area (Å²) in [6, 6.07) is 12.1. The Balaban J connectivity index is 2.13. The molecule has 27 heavy (non-hydrogen) atoms. The van der Waals surface area contributed by atoms with Gasteiger partial charge in [0, 0.05) is 37.1 Å². The van der Waals surface area contributed by atoms with Gasteiger partial charge in [-0.1, -0.05) is 35.3 Å². The van der Waals surface area contributed by atoms with Gasteiger partial charge >= 0.3 is 0 Å². The summed E-state index contributed by atoms with van der Waals surface area (Å²) >= 11 is 13.8. The van der Waals surface area contributed by atoms with Crippen LogP contribution in [0.5, 0.6) is 0 Å². The molecule has 0 bridgehead atoms. The molecule has 1 heterocycles. The molecule has 0 saturated carbocycles. The molecule has 0 amide bonds. The molecule has 3 rings (SSSR count). The lowest BCUT2D eigenvalue weighted by Gasteiger charge is -2.13. The second-order valence-corrected chi connectivity index (χ2v) is 9.82. The zero-order chi connectivity index (χ0) is 19.8. The van der Waals surface area contributed by atoms with Gasteiger partial charge in [0.2, 0.25) is 10.0 Å². The van der Waals surface area contributed by atoms with Crippen molar-refractivity contribution in [2.75, 3.05) is 14.1 Å². The maximum absolute atomic E-state index is 12.5. The molecule has 3 aromatic rings. The van der Waals surface area contributed by atoms with Crippen LogP contribution < -0.4 is 4.80 Å². The van der Waals surface area contributed by atoms with E-state index in [4.69, 9.17) is 23.2 Å². The first-order valence-electron chi connectivity index (χ1n) is 7.87. The van der Waals surface area contributed by atoms with Crippen molar-refractivity contribution in [2.24, 2.45) is 12.0 Å². The van der Waals surface area contributed by atoms with E-state index in [1.807, 2.05) is 35.2 Å². The number of sulfonamides is 1. The Hall–Kier alpha value is -1.64. The highest BCUT2D eigenvalue weighted by Gasteiger charge is 2.19. The third kappa shape index (κ3) is 4.12. The van der Waals surface area contributed by atoms with E-state index in [0.717, 1.165) is 14.8 Å². The number of hydrogen-bond acceptors (Lipinski definition) is 4. The van der Waals surface area contributed by atoms with Gasteiger partial charge in [-0.05, 0) is 30.3 Å². The van der Waals surface area contributed by atoms with Crippen LogP contribution in [-0.2, 0) is 17.1 Å². The van der Waals surface area contributed by atoms with Crippen molar-refractivity contribution >= 4 is 50.2 Å². The summed E-state index contributed by atoms with van der Waals surface area (Å²) < 4.78 is 28.0. The van der Waals surface area contributed by atoms with E-state index < -0.39 is 10.0 Å². The first-order chi connectivity index (χ1) is 12.7. The highest BCUT2D eigenvalue weighted by Crippen LogP contribution is 2.29. The monoisotopic (exact) mass is 441 g/mol. The van der Waals surface area contributed by atoms with Crippen molar-refractivity contribution < 1.29 is 8.42 Å². The summed E-state index contributed by atoms with van der Waals surface area (Å²) in [5.74, 6) is 0. The van der Waals surface area contributed by atoms with E-state index in [1.54, 1.807) is 18.2 Å². The van der Waals surface area contributed by atoms with Crippen LogP contribution in [0.1, 0.15) is 0 Å². The first kappa shape index (κ1) is 20.1. The molecular formula is C18H17Cl2N3O2S2. The maximum Gasteiger partial charge on any atom is 0.242 e. The molecule has 0 spiro atoms. The number of thiazole rings is 1. The molecule has 0 aliphatic rings. The Bertz CT molecular complexity index is 1170. The fraction of sp³-hybridized carbons (Fsp3) is 0.167. The fourth-order valence-corrected chi connectivity index (χ4v) is 4.82. The lowest BCUT2D eigenvalue weighted by atomic mass is 10.2. The molecule has 0 fully saturated rings. The second-order valence-electron chi connectivity index (χ2n) is 5.99. The molecule has 0 aliphatic carbocycles. The predicted molar refractivity (Wildman–Crippen MR) is 111 cm³/mol. The van der Waals surface area contributed by atoms with Crippen molar-refractivity contribution in [3.8, 4) is 11.3 Å². The molecule has 9 heteroatoms. The lowest BCUT2D eigenvalue weighted by molar-refractivity contribution is 0.521. The van der Waals surface area contributed by atoms with Gasteiger partial charge in [0.15, 0.2) is 4.80 Å².